The summed E-state index contributed by atoms with van der Waals surface area (Å²) < 4.78 is 11.5. The molecule has 0 bridgehead atoms. The monoisotopic (exact) mass is 396 g/mol. The average Bonchev–Trinajstić information content (AvgIpc) is 2.77. The Morgan fingerprint density at radius 3 is 1.38 bits per heavy atom. The number of rotatable bonds is 10. The van der Waals surface area contributed by atoms with E-state index in [1.165, 1.54) is 5.57 Å². The number of ether oxygens (including phenoxy) is 2. The smallest absolute Gasteiger partial charge is 0.142 e. The molecule has 0 aliphatic heterocycles. The third-order valence-corrected chi connectivity index (χ3v) is 5.48. The number of methoxy groups -OCH3 is 2. The summed E-state index contributed by atoms with van der Waals surface area (Å²) in [5.41, 5.74) is 5.70. The van der Waals surface area contributed by atoms with Crippen LogP contribution in [0.3, 0.4) is 0 Å². The van der Waals surface area contributed by atoms with Gasteiger partial charge in [0.2, 0.25) is 0 Å². The van der Waals surface area contributed by atoms with Crippen molar-refractivity contribution in [3.05, 3.63) is 53.6 Å². The second-order valence-corrected chi connectivity index (χ2v) is 6.82. The molecule has 0 aliphatic carbocycles. The minimum absolute atomic E-state index is 0.900. The van der Waals surface area contributed by atoms with Crippen LogP contribution in [0.4, 0.5) is 11.4 Å². The number of allylic oxidation sites excluding steroid dienone is 1. The second-order valence-electron chi connectivity index (χ2n) is 6.82. The van der Waals surface area contributed by atoms with Gasteiger partial charge in [-0.25, -0.2) is 0 Å². The Morgan fingerprint density at radius 2 is 1.10 bits per heavy atom. The summed E-state index contributed by atoms with van der Waals surface area (Å²) in [7, 11) is 3.48. The van der Waals surface area contributed by atoms with Crippen LogP contribution in [0.2, 0.25) is 0 Å². The third kappa shape index (κ3) is 4.87. The normalized spacial score (nSPS) is 10.4. The Kier molecular flexibility index (Phi) is 8.44. The van der Waals surface area contributed by atoms with Crippen molar-refractivity contribution in [3.63, 3.8) is 0 Å². The van der Waals surface area contributed by atoms with Gasteiger partial charge >= 0.3 is 0 Å². The standard InChI is InChI=1S/C25H36N2O2/c1-8-21(19-13-15-22(24(17-19)28-6)26(9-2)10-3)20-14-16-23(25(18-20)29-7)27(11-4)12-5/h8,13-18H,9-12H2,1-7H3. The molecule has 0 spiro atoms. The molecule has 4 heteroatoms. The Bertz CT molecular complexity index is 756. The van der Waals surface area contributed by atoms with Crippen molar-refractivity contribution in [2.45, 2.75) is 34.6 Å². The zero-order valence-corrected chi connectivity index (χ0v) is 19.1. The zero-order chi connectivity index (χ0) is 21.4. The first-order chi connectivity index (χ1) is 14.1. The minimum atomic E-state index is 0.900. The molecular weight excluding hydrogens is 360 g/mol. The minimum Gasteiger partial charge on any atom is -0.495 e. The fraction of sp³-hybridized carbons (Fsp3) is 0.440. The summed E-state index contributed by atoms with van der Waals surface area (Å²) in [6, 6.07) is 12.9. The van der Waals surface area contributed by atoms with Gasteiger partial charge < -0.3 is 19.3 Å². The van der Waals surface area contributed by atoms with E-state index >= 15 is 0 Å². The Balaban J connectivity index is 2.49. The summed E-state index contributed by atoms with van der Waals surface area (Å²) in [6.45, 7) is 14.5. The lowest BCUT2D eigenvalue weighted by atomic mass is 9.96. The van der Waals surface area contributed by atoms with Crippen LogP contribution in [-0.4, -0.2) is 40.4 Å². The molecule has 2 aromatic rings. The molecule has 158 valence electrons. The zero-order valence-electron chi connectivity index (χ0n) is 19.1. The van der Waals surface area contributed by atoms with Crippen molar-refractivity contribution in [2.75, 3.05) is 50.2 Å². The molecule has 0 atom stereocenters. The van der Waals surface area contributed by atoms with E-state index in [1.807, 2.05) is 0 Å². The molecule has 4 nitrogen and oxygen atoms in total. The third-order valence-electron chi connectivity index (χ3n) is 5.48. The van der Waals surface area contributed by atoms with Crippen LogP contribution >= 0.6 is 0 Å². The molecule has 0 radical (unpaired) electrons. The van der Waals surface area contributed by atoms with Crippen LogP contribution in [0, 0.1) is 0 Å². The van der Waals surface area contributed by atoms with Crippen LogP contribution < -0.4 is 19.3 Å². The highest BCUT2D eigenvalue weighted by molar-refractivity contribution is 5.83. The number of benzene rings is 2. The molecular formula is C25H36N2O2. The first-order valence-corrected chi connectivity index (χ1v) is 10.6. The summed E-state index contributed by atoms with van der Waals surface area (Å²) in [5.74, 6) is 1.80. The van der Waals surface area contributed by atoms with E-state index in [1.54, 1.807) is 14.2 Å². The highest BCUT2D eigenvalue weighted by atomic mass is 16.5. The molecule has 0 amide bonds. The van der Waals surface area contributed by atoms with Gasteiger partial charge in [-0.1, -0.05) is 18.2 Å². The van der Waals surface area contributed by atoms with Gasteiger partial charge in [0.15, 0.2) is 0 Å². The SMILES string of the molecule is CC=C(c1ccc(N(CC)CC)c(OC)c1)c1ccc(N(CC)CC)c(OC)c1. The topological polar surface area (TPSA) is 24.9 Å². The van der Waals surface area contributed by atoms with Gasteiger partial charge in [0.05, 0.1) is 25.6 Å². The van der Waals surface area contributed by atoms with Crippen molar-refractivity contribution in [3.8, 4) is 11.5 Å². The van der Waals surface area contributed by atoms with Gasteiger partial charge in [-0.2, -0.15) is 0 Å². The molecule has 2 aromatic carbocycles. The van der Waals surface area contributed by atoms with E-state index in [0.29, 0.717) is 0 Å². The predicted molar refractivity (Wildman–Crippen MR) is 126 cm³/mol. The highest BCUT2D eigenvalue weighted by Crippen LogP contribution is 2.37. The van der Waals surface area contributed by atoms with E-state index in [2.05, 4.69) is 86.9 Å². The van der Waals surface area contributed by atoms with Crippen LogP contribution in [-0.2, 0) is 0 Å². The van der Waals surface area contributed by atoms with E-state index in [0.717, 1.165) is 60.2 Å². The first kappa shape index (κ1) is 22.7. The fourth-order valence-corrected chi connectivity index (χ4v) is 3.84. The van der Waals surface area contributed by atoms with Crippen molar-refractivity contribution in [1.29, 1.82) is 0 Å². The lowest BCUT2D eigenvalue weighted by Gasteiger charge is -2.25. The van der Waals surface area contributed by atoms with Crippen molar-refractivity contribution in [1.82, 2.24) is 0 Å². The molecule has 0 unspecified atom stereocenters. The molecule has 0 saturated heterocycles. The van der Waals surface area contributed by atoms with Crippen molar-refractivity contribution in [2.24, 2.45) is 0 Å². The van der Waals surface area contributed by atoms with E-state index in [9.17, 15) is 0 Å². The van der Waals surface area contributed by atoms with Gasteiger partial charge in [-0.15, -0.1) is 0 Å². The Hall–Kier alpha value is -2.62. The number of anilines is 2. The molecule has 2 rings (SSSR count). The summed E-state index contributed by atoms with van der Waals surface area (Å²) in [5, 5.41) is 0. The molecule has 0 heterocycles. The van der Waals surface area contributed by atoms with Gasteiger partial charge in [0.25, 0.3) is 0 Å². The van der Waals surface area contributed by atoms with E-state index in [-0.39, 0.29) is 0 Å². The number of hydrogen-bond acceptors (Lipinski definition) is 4. The molecule has 0 N–H and O–H groups in total. The molecule has 0 aliphatic rings. The molecule has 0 fully saturated rings. The predicted octanol–water partition coefficient (Wildman–Crippen LogP) is 5.85. The van der Waals surface area contributed by atoms with Gasteiger partial charge in [-0.05, 0) is 75.6 Å². The first-order valence-electron chi connectivity index (χ1n) is 10.6. The number of hydrogen-bond donors (Lipinski definition) is 0. The van der Waals surface area contributed by atoms with Gasteiger partial charge in [-0.3, -0.25) is 0 Å². The van der Waals surface area contributed by atoms with E-state index < -0.39 is 0 Å². The summed E-state index contributed by atoms with van der Waals surface area (Å²) in [6.07, 6.45) is 2.15. The fourth-order valence-electron chi connectivity index (χ4n) is 3.84. The van der Waals surface area contributed by atoms with E-state index in [4.69, 9.17) is 9.47 Å². The lowest BCUT2D eigenvalue weighted by Crippen LogP contribution is -2.22. The van der Waals surface area contributed by atoms with Crippen LogP contribution in [0.5, 0.6) is 11.5 Å². The maximum Gasteiger partial charge on any atom is 0.142 e. The largest absolute Gasteiger partial charge is 0.495 e. The van der Waals surface area contributed by atoms with Crippen LogP contribution in [0.1, 0.15) is 45.7 Å². The summed E-state index contributed by atoms with van der Waals surface area (Å²) >= 11 is 0. The van der Waals surface area contributed by atoms with Crippen molar-refractivity contribution >= 4 is 16.9 Å². The molecule has 0 aromatic heterocycles. The second kappa shape index (κ2) is 10.8. The number of nitrogens with zero attached hydrogens (tertiary/aromatic N) is 2. The lowest BCUT2D eigenvalue weighted by molar-refractivity contribution is 0.414. The molecule has 0 saturated carbocycles. The highest BCUT2D eigenvalue weighted by Gasteiger charge is 2.15. The van der Waals surface area contributed by atoms with Gasteiger partial charge in [0.1, 0.15) is 11.5 Å². The molecule has 29 heavy (non-hydrogen) atoms. The van der Waals surface area contributed by atoms with Crippen LogP contribution in [0.25, 0.3) is 5.57 Å². The van der Waals surface area contributed by atoms with Crippen molar-refractivity contribution < 1.29 is 9.47 Å². The van der Waals surface area contributed by atoms with Gasteiger partial charge in [0, 0.05) is 26.2 Å². The quantitative estimate of drug-likeness (QED) is 0.503. The maximum atomic E-state index is 5.73. The average molecular weight is 397 g/mol. The summed E-state index contributed by atoms with van der Waals surface area (Å²) in [4.78, 5) is 4.61. The maximum absolute atomic E-state index is 5.73. The van der Waals surface area contributed by atoms with Crippen LogP contribution in [0.15, 0.2) is 42.5 Å². The Labute approximate surface area is 176 Å². The Morgan fingerprint density at radius 1 is 0.724 bits per heavy atom.